The van der Waals surface area contributed by atoms with Gasteiger partial charge in [0.15, 0.2) is 11.5 Å². The standard InChI is InChI=1S/C32H30N4O6/c1-2-41-30-19-24(15-18-29(30)42-22-23-13-16-27(17-14-23)36(39)40)21-33-35-31(37)20-28(25-9-5-3-6-10-25)34-32(38)26-11-7-4-8-12-26/h3-19,21,28H,2,20,22H2,1H3,(H,34,38)(H,35,37)/b33-21-/t28-/m1/s1. The Labute approximate surface area is 243 Å². The Morgan fingerprint density at radius 2 is 1.60 bits per heavy atom. The van der Waals surface area contributed by atoms with E-state index in [4.69, 9.17) is 9.47 Å². The average molecular weight is 567 g/mol. The number of hydrogen-bond donors (Lipinski definition) is 2. The van der Waals surface area contributed by atoms with Crippen LogP contribution in [0.5, 0.6) is 11.5 Å². The molecule has 0 spiro atoms. The van der Waals surface area contributed by atoms with Gasteiger partial charge in [0.25, 0.3) is 11.6 Å². The number of ether oxygens (including phenoxy) is 2. The number of hydrazone groups is 1. The van der Waals surface area contributed by atoms with Gasteiger partial charge in [0.1, 0.15) is 6.61 Å². The summed E-state index contributed by atoms with van der Waals surface area (Å²) in [7, 11) is 0. The number of nitro benzene ring substituents is 1. The van der Waals surface area contributed by atoms with E-state index in [-0.39, 0.29) is 30.5 Å². The van der Waals surface area contributed by atoms with Gasteiger partial charge in [-0.1, -0.05) is 48.5 Å². The van der Waals surface area contributed by atoms with Crippen molar-refractivity contribution in [1.82, 2.24) is 10.7 Å². The van der Waals surface area contributed by atoms with Crippen LogP contribution in [-0.2, 0) is 11.4 Å². The van der Waals surface area contributed by atoms with Gasteiger partial charge in [-0.25, -0.2) is 5.43 Å². The fourth-order valence-electron chi connectivity index (χ4n) is 4.05. The molecular formula is C32H30N4O6. The maximum Gasteiger partial charge on any atom is 0.269 e. The number of rotatable bonds is 13. The van der Waals surface area contributed by atoms with E-state index >= 15 is 0 Å². The van der Waals surface area contributed by atoms with Gasteiger partial charge in [0, 0.05) is 17.7 Å². The van der Waals surface area contributed by atoms with Crippen molar-refractivity contribution in [2.45, 2.75) is 26.0 Å². The van der Waals surface area contributed by atoms with E-state index in [9.17, 15) is 19.7 Å². The first-order chi connectivity index (χ1) is 20.4. The zero-order valence-electron chi connectivity index (χ0n) is 22.9. The molecule has 4 aromatic rings. The number of non-ortho nitro benzene ring substituents is 1. The molecule has 0 fully saturated rings. The van der Waals surface area contributed by atoms with E-state index in [2.05, 4.69) is 15.8 Å². The summed E-state index contributed by atoms with van der Waals surface area (Å²) in [5, 5.41) is 17.9. The quantitative estimate of drug-likeness (QED) is 0.123. The van der Waals surface area contributed by atoms with Gasteiger partial charge in [0.2, 0.25) is 5.91 Å². The molecular weight excluding hydrogens is 536 g/mol. The Morgan fingerprint density at radius 1 is 0.905 bits per heavy atom. The fraction of sp³-hybridized carbons (Fsp3) is 0.156. The third kappa shape index (κ3) is 8.49. The molecule has 1 atom stereocenters. The van der Waals surface area contributed by atoms with Gasteiger partial charge in [-0.3, -0.25) is 19.7 Å². The number of amides is 2. The van der Waals surface area contributed by atoms with Crippen LogP contribution >= 0.6 is 0 Å². The van der Waals surface area contributed by atoms with Gasteiger partial charge in [-0.2, -0.15) is 5.10 Å². The molecule has 2 amide bonds. The maximum absolute atomic E-state index is 12.8. The van der Waals surface area contributed by atoms with Crippen LogP contribution in [-0.4, -0.2) is 29.6 Å². The van der Waals surface area contributed by atoms with Crippen molar-refractivity contribution in [3.05, 3.63) is 135 Å². The van der Waals surface area contributed by atoms with Crippen LogP contribution in [0, 0.1) is 10.1 Å². The second-order valence-electron chi connectivity index (χ2n) is 9.15. The van der Waals surface area contributed by atoms with Crippen LogP contribution in [0.3, 0.4) is 0 Å². The first kappa shape index (κ1) is 29.5. The van der Waals surface area contributed by atoms with E-state index in [1.807, 2.05) is 43.3 Å². The van der Waals surface area contributed by atoms with Crippen LogP contribution in [0.4, 0.5) is 5.69 Å². The van der Waals surface area contributed by atoms with E-state index in [0.29, 0.717) is 29.2 Å². The second kappa shape index (κ2) is 14.8. The predicted molar refractivity (Wildman–Crippen MR) is 158 cm³/mol. The summed E-state index contributed by atoms with van der Waals surface area (Å²) in [6.45, 7) is 2.45. The number of carbonyl (C=O) groups excluding carboxylic acids is 2. The van der Waals surface area contributed by atoms with Crippen molar-refractivity contribution < 1.29 is 24.0 Å². The van der Waals surface area contributed by atoms with Gasteiger partial charge in [-0.15, -0.1) is 0 Å². The van der Waals surface area contributed by atoms with Crippen LogP contribution in [0.1, 0.15) is 46.4 Å². The van der Waals surface area contributed by atoms with E-state index in [1.165, 1.54) is 18.3 Å². The van der Waals surface area contributed by atoms with Gasteiger partial charge >= 0.3 is 0 Å². The van der Waals surface area contributed by atoms with Crippen molar-refractivity contribution in [3.8, 4) is 11.5 Å². The molecule has 0 saturated carbocycles. The monoisotopic (exact) mass is 566 g/mol. The van der Waals surface area contributed by atoms with E-state index in [1.54, 1.807) is 54.6 Å². The molecule has 4 aromatic carbocycles. The second-order valence-corrected chi connectivity index (χ2v) is 9.15. The molecule has 4 rings (SSSR count). The first-order valence-corrected chi connectivity index (χ1v) is 13.3. The first-order valence-electron chi connectivity index (χ1n) is 13.3. The molecule has 0 aliphatic carbocycles. The number of hydrogen-bond acceptors (Lipinski definition) is 7. The summed E-state index contributed by atoms with van der Waals surface area (Å²) >= 11 is 0. The Morgan fingerprint density at radius 3 is 2.26 bits per heavy atom. The molecule has 0 unspecified atom stereocenters. The van der Waals surface area contributed by atoms with Crippen LogP contribution < -0.4 is 20.2 Å². The van der Waals surface area contributed by atoms with Crippen molar-refractivity contribution in [1.29, 1.82) is 0 Å². The summed E-state index contributed by atoms with van der Waals surface area (Å²) in [5.41, 5.74) is 5.27. The molecule has 10 heteroatoms. The SMILES string of the molecule is CCOc1cc(/C=N\NC(=O)C[C@@H](NC(=O)c2ccccc2)c2ccccc2)ccc1OCc1ccc([N+](=O)[O-])cc1. The Balaban J connectivity index is 1.37. The minimum absolute atomic E-state index is 0.0111. The van der Waals surface area contributed by atoms with E-state index < -0.39 is 11.0 Å². The summed E-state index contributed by atoms with van der Waals surface area (Å²) in [6, 6.07) is 28.9. The molecule has 0 heterocycles. The third-order valence-corrected chi connectivity index (χ3v) is 6.14. The summed E-state index contributed by atoms with van der Waals surface area (Å²) in [5.74, 6) is 0.334. The Kier molecular flexibility index (Phi) is 10.4. The normalized spacial score (nSPS) is 11.5. The summed E-state index contributed by atoms with van der Waals surface area (Å²) in [6.07, 6.45) is 1.47. The zero-order chi connectivity index (χ0) is 29.7. The molecule has 0 radical (unpaired) electrons. The topological polar surface area (TPSA) is 132 Å². The Bertz CT molecular complexity index is 1530. The number of nitro groups is 1. The molecule has 0 bridgehead atoms. The highest BCUT2D eigenvalue weighted by molar-refractivity contribution is 5.94. The van der Waals surface area contributed by atoms with Crippen molar-refractivity contribution in [3.63, 3.8) is 0 Å². The summed E-state index contributed by atoms with van der Waals surface area (Å²) < 4.78 is 11.6. The lowest BCUT2D eigenvalue weighted by Crippen LogP contribution is -2.32. The highest BCUT2D eigenvalue weighted by atomic mass is 16.6. The fourth-order valence-corrected chi connectivity index (χ4v) is 4.05. The highest BCUT2D eigenvalue weighted by Gasteiger charge is 2.19. The van der Waals surface area contributed by atoms with Crippen LogP contribution in [0.15, 0.2) is 108 Å². The van der Waals surface area contributed by atoms with Crippen molar-refractivity contribution in [2.75, 3.05) is 6.61 Å². The molecule has 0 aromatic heterocycles. The highest BCUT2D eigenvalue weighted by Crippen LogP contribution is 2.29. The molecule has 10 nitrogen and oxygen atoms in total. The molecule has 2 N–H and O–H groups in total. The smallest absolute Gasteiger partial charge is 0.269 e. The molecule has 214 valence electrons. The lowest BCUT2D eigenvalue weighted by molar-refractivity contribution is -0.384. The van der Waals surface area contributed by atoms with Crippen molar-refractivity contribution in [2.24, 2.45) is 5.10 Å². The average Bonchev–Trinajstić information content (AvgIpc) is 3.01. The number of nitrogens with one attached hydrogen (secondary N) is 2. The minimum atomic E-state index is -0.550. The molecule has 42 heavy (non-hydrogen) atoms. The minimum Gasteiger partial charge on any atom is -0.490 e. The van der Waals surface area contributed by atoms with Gasteiger partial charge in [-0.05, 0) is 66.1 Å². The molecule has 0 aliphatic heterocycles. The van der Waals surface area contributed by atoms with Gasteiger partial charge in [0.05, 0.1) is 30.2 Å². The number of nitrogens with zero attached hydrogens (tertiary/aromatic N) is 2. The number of carbonyl (C=O) groups is 2. The van der Waals surface area contributed by atoms with Crippen LogP contribution in [0.2, 0.25) is 0 Å². The van der Waals surface area contributed by atoms with Crippen LogP contribution in [0.25, 0.3) is 0 Å². The molecule has 0 saturated heterocycles. The van der Waals surface area contributed by atoms with Gasteiger partial charge < -0.3 is 14.8 Å². The maximum atomic E-state index is 12.8. The van der Waals surface area contributed by atoms with Crippen molar-refractivity contribution >= 4 is 23.7 Å². The van der Waals surface area contributed by atoms with E-state index in [0.717, 1.165) is 11.1 Å². The zero-order valence-corrected chi connectivity index (χ0v) is 22.9. The lowest BCUT2D eigenvalue weighted by Gasteiger charge is -2.18. The largest absolute Gasteiger partial charge is 0.490 e. The lowest BCUT2D eigenvalue weighted by atomic mass is 10.0. The summed E-state index contributed by atoms with van der Waals surface area (Å²) in [4.78, 5) is 35.9. The predicted octanol–water partition coefficient (Wildman–Crippen LogP) is 5.58. The number of benzene rings is 4. The Hall–Kier alpha value is -5.51. The third-order valence-electron chi connectivity index (χ3n) is 6.14. The molecule has 0 aliphatic rings.